The summed E-state index contributed by atoms with van der Waals surface area (Å²) in [5, 5.41) is 2.72. The lowest BCUT2D eigenvalue weighted by atomic mass is 10.4. The maximum atomic E-state index is 10.8. The molecule has 0 spiro atoms. The van der Waals surface area contributed by atoms with Crippen LogP contribution in [0, 0.1) is 0 Å². The lowest BCUT2D eigenvalue weighted by Crippen LogP contribution is -2.33. The Balaban J connectivity index is 3.22. The minimum Gasteiger partial charge on any atom is -0.383 e. The van der Waals surface area contributed by atoms with E-state index in [2.05, 4.69) is 10.2 Å². The fourth-order valence-electron chi connectivity index (χ4n) is 1.01. The molecule has 0 fully saturated rings. The Morgan fingerprint density at radius 1 is 1.50 bits per heavy atom. The average molecular weight is 203 g/mol. The molecule has 0 bridgehead atoms. The third-order valence-electron chi connectivity index (χ3n) is 1.90. The van der Waals surface area contributed by atoms with Gasteiger partial charge < -0.3 is 20.7 Å². The van der Waals surface area contributed by atoms with Crippen LogP contribution in [0.2, 0.25) is 0 Å². The predicted octanol–water partition coefficient (Wildman–Crippen LogP) is -0.970. The van der Waals surface area contributed by atoms with E-state index in [0.29, 0.717) is 6.54 Å². The van der Waals surface area contributed by atoms with Crippen LogP contribution in [0.3, 0.4) is 0 Å². The SMILES string of the molecule is COCCN(C)CCCNC(=O)CN. The molecule has 0 unspecified atom stereocenters. The minimum absolute atomic E-state index is 0.0690. The number of methoxy groups -OCH3 is 1. The number of hydrogen-bond acceptors (Lipinski definition) is 4. The van der Waals surface area contributed by atoms with Crippen molar-refractivity contribution in [3.8, 4) is 0 Å². The number of ether oxygens (including phenoxy) is 1. The van der Waals surface area contributed by atoms with Crippen LogP contribution in [0.1, 0.15) is 6.42 Å². The highest BCUT2D eigenvalue weighted by Gasteiger charge is 1.98. The van der Waals surface area contributed by atoms with E-state index in [1.165, 1.54) is 0 Å². The van der Waals surface area contributed by atoms with Gasteiger partial charge in [0.05, 0.1) is 13.2 Å². The standard InChI is InChI=1S/C9H21N3O2/c1-12(6-7-14-2)5-3-4-11-9(13)8-10/h3-8,10H2,1-2H3,(H,11,13). The normalized spacial score (nSPS) is 10.6. The lowest BCUT2D eigenvalue weighted by Gasteiger charge is -2.15. The molecular weight excluding hydrogens is 182 g/mol. The number of hydrogen-bond donors (Lipinski definition) is 2. The highest BCUT2D eigenvalue weighted by Crippen LogP contribution is 1.86. The monoisotopic (exact) mass is 203 g/mol. The summed E-state index contributed by atoms with van der Waals surface area (Å²) in [6.07, 6.45) is 0.936. The molecule has 0 aromatic heterocycles. The Hall–Kier alpha value is -0.650. The first-order valence-electron chi connectivity index (χ1n) is 4.85. The zero-order valence-corrected chi connectivity index (χ0v) is 9.08. The number of nitrogens with two attached hydrogens (primary N) is 1. The molecule has 1 amide bonds. The second-order valence-corrected chi connectivity index (χ2v) is 3.20. The van der Waals surface area contributed by atoms with Crippen molar-refractivity contribution in [2.24, 2.45) is 5.73 Å². The summed E-state index contributed by atoms with van der Waals surface area (Å²) in [4.78, 5) is 12.9. The first kappa shape index (κ1) is 13.4. The highest BCUT2D eigenvalue weighted by molar-refractivity contribution is 5.77. The molecule has 84 valence electrons. The minimum atomic E-state index is -0.0930. The van der Waals surface area contributed by atoms with Crippen molar-refractivity contribution in [3.63, 3.8) is 0 Å². The van der Waals surface area contributed by atoms with Crippen molar-refractivity contribution in [1.82, 2.24) is 10.2 Å². The number of carbonyl (C=O) groups is 1. The van der Waals surface area contributed by atoms with Gasteiger partial charge in [-0.1, -0.05) is 0 Å². The number of nitrogens with zero attached hydrogens (tertiary/aromatic N) is 1. The molecule has 0 aromatic rings. The average Bonchev–Trinajstić information content (AvgIpc) is 2.21. The van der Waals surface area contributed by atoms with Crippen LogP contribution in [-0.2, 0) is 9.53 Å². The Labute approximate surface area is 85.6 Å². The fourth-order valence-corrected chi connectivity index (χ4v) is 1.01. The van der Waals surface area contributed by atoms with Crippen molar-refractivity contribution in [2.75, 3.05) is 46.9 Å². The van der Waals surface area contributed by atoms with Crippen LogP contribution in [0.4, 0.5) is 0 Å². The highest BCUT2D eigenvalue weighted by atomic mass is 16.5. The van der Waals surface area contributed by atoms with Gasteiger partial charge in [-0.05, 0) is 20.0 Å². The van der Waals surface area contributed by atoms with Crippen LogP contribution in [-0.4, -0.2) is 57.8 Å². The molecule has 0 aliphatic carbocycles. The van der Waals surface area contributed by atoms with Gasteiger partial charge in [-0.3, -0.25) is 4.79 Å². The molecule has 0 heterocycles. The van der Waals surface area contributed by atoms with Crippen LogP contribution in [0.15, 0.2) is 0 Å². The molecule has 5 heteroatoms. The summed E-state index contributed by atoms with van der Waals surface area (Å²) in [7, 11) is 3.72. The number of nitrogens with one attached hydrogen (secondary N) is 1. The topological polar surface area (TPSA) is 67.6 Å². The van der Waals surface area contributed by atoms with Crippen LogP contribution in [0.5, 0.6) is 0 Å². The van der Waals surface area contributed by atoms with Gasteiger partial charge in [-0.15, -0.1) is 0 Å². The third-order valence-corrected chi connectivity index (χ3v) is 1.90. The number of amides is 1. The molecule has 14 heavy (non-hydrogen) atoms. The molecule has 0 aromatic carbocycles. The third kappa shape index (κ3) is 7.97. The van der Waals surface area contributed by atoms with E-state index >= 15 is 0 Å². The van der Waals surface area contributed by atoms with Crippen molar-refractivity contribution in [3.05, 3.63) is 0 Å². The Morgan fingerprint density at radius 2 is 2.21 bits per heavy atom. The largest absolute Gasteiger partial charge is 0.383 e. The molecule has 0 saturated carbocycles. The molecule has 0 rings (SSSR count). The molecule has 0 aliphatic rings. The second kappa shape index (κ2) is 8.93. The second-order valence-electron chi connectivity index (χ2n) is 3.20. The number of carbonyl (C=O) groups excluding carboxylic acids is 1. The smallest absolute Gasteiger partial charge is 0.233 e. The Kier molecular flexibility index (Phi) is 8.51. The molecule has 0 saturated heterocycles. The molecule has 0 atom stereocenters. The van der Waals surface area contributed by atoms with Gasteiger partial charge in [-0.25, -0.2) is 0 Å². The fraction of sp³-hybridized carbons (Fsp3) is 0.889. The van der Waals surface area contributed by atoms with Crippen molar-refractivity contribution >= 4 is 5.91 Å². The molecule has 0 aliphatic heterocycles. The van der Waals surface area contributed by atoms with E-state index in [1.807, 2.05) is 7.05 Å². The number of likely N-dealkylation sites (N-methyl/N-ethyl adjacent to an activating group) is 1. The van der Waals surface area contributed by atoms with E-state index < -0.39 is 0 Å². The summed E-state index contributed by atoms with van der Waals surface area (Å²) in [6.45, 7) is 3.37. The van der Waals surface area contributed by atoms with Gasteiger partial charge in [0.2, 0.25) is 5.91 Å². The summed E-state index contributed by atoms with van der Waals surface area (Å²) in [5.74, 6) is -0.0930. The van der Waals surface area contributed by atoms with Gasteiger partial charge in [0.15, 0.2) is 0 Å². The van der Waals surface area contributed by atoms with Crippen LogP contribution in [0.25, 0.3) is 0 Å². The van der Waals surface area contributed by atoms with Crippen molar-refractivity contribution < 1.29 is 9.53 Å². The molecule has 5 nitrogen and oxygen atoms in total. The first-order valence-corrected chi connectivity index (χ1v) is 4.85. The van der Waals surface area contributed by atoms with E-state index in [1.54, 1.807) is 7.11 Å². The van der Waals surface area contributed by atoms with Crippen LogP contribution >= 0.6 is 0 Å². The van der Waals surface area contributed by atoms with E-state index in [4.69, 9.17) is 10.5 Å². The van der Waals surface area contributed by atoms with Crippen LogP contribution < -0.4 is 11.1 Å². The first-order chi connectivity index (χ1) is 6.70. The van der Waals surface area contributed by atoms with Gasteiger partial charge >= 0.3 is 0 Å². The lowest BCUT2D eigenvalue weighted by molar-refractivity contribution is -0.119. The molecule has 0 radical (unpaired) electrons. The van der Waals surface area contributed by atoms with Gasteiger partial charge in [0.25, 0.3) is 0 Å². The van der Waals surface area contributed by atoms with Crippen molar-refractivity contribution in [1.29, 1.82) is 0 Å². The Bertz CT molecular complexity index is 153. The summed E-state index contributed by atoms with van der Waals surface area (Å²) >= 11 is 0. The predicted molar refractivity (Wildman–Crippen MR) is 56.1 cm³/mol. The summed E-state index contributed by atoms with van der Waals surface area (Å²) in [6, 6.07) is 0. The molecule has 3 N–H and O–H groups in total. The maximum Gasteiger partial charge on any atom is 0.233 e. The van der Waals surface area contributed by atoms with Gasteiger partial charge in [-0.2, -0.15) is 0 Å². The zero-order valence-electron chi connectivity index (χ0n) is 9.08. The zero-order chi connectivity index (χ0) is 10.8. The quantitative estimate of drug-likeness (QED) is 0.498. The maximum absolute atomic E-state index is 10.8. The van der Waals surface area contributed by atoms with Gasteiger partial charge in [0.1, 0.15) is 0 Å². The van der Waals surface area contributed by atoms with Crippen molar-refractivity contribution in [2.45, 2.75) is 6.42 Å². The Morgan fingerprint density at radius 3 is 2.79 bits per heavy atom. The van der Waals surface area contributed by atoms with E-state index in [0.717, 1.165) is 26.1 Å². The molecular formula is C9H21N3O2. The van der Waals surface area contributed by atoms with Gasteiger partial charge in [0, 0.05) is 20.2 Å². The number of rotatable bonds is 8. The van der Waals surface area contributed by atoms with E-state index in [9.17, 15) is 4.79 Å². The van der Waals surface area contributed by atoms with E-state index in [-0.39, 0.29) is 12.5 Å². The summed E-state index contributed by atoms with van der Waals surface area (Å²) < 4.78 is 4.95. The summed E-state index contributed by atoms with van der Waals surface area (Å²) in [5.41, 5.74) is 5.14.